The first kappa shape index (κ1) is 20.8. The smallest absolute Gasteiger partial charge is 0.165 e. The molecule has 0 saturated carbocycles. The molecule has 0 spiro atoms. The van der Waals surface area contributed by atoms with Crippen molar-refractivity contribution in [2.75, 3.05) is 14.2 Å². The van der Waals surface area contributed by atoms with Crippen LogP contribution in [0.3, 0.4) is 0 Å². The third-order valence-corrected chi connectivity index (χ3v) is 5.54. The summed E-state index contributed by atoms with van der Waals surface area (Å²) >= 11 is 0. The zero-order valence-electron chi connectivity index (χ0n) is 18.0. The Morgan fingerprint density at radius 3 is 2.68 bits per heavy atom. The highest BCUT2D eigenvalue weighted by atomic mass is 19.1. The van der Waals surface area contributed by atoms with E-state index in [2.05, 4.69) is 17.0 Å². The van der Waals surface area contributed by atoms with Gasteiger partial charge >= 0.3 is 0 Å². The first-order valence-electron chi connectivity index (χ1n) is 10.1. The molecule has 6 nitrogen and oxygen atoms in total. The molecule has 0 aliphatic carbocycles. The van der Waals surface area contributed by atoms with E-state index >= 15 is 0 Å². The monoisotopic (exact) mass is 420 g/mol. The molecular weight excluding hydrogens is 395 g/mol. The van der Waals surface area contributed by atoms with Gasteiger partial charge in [0, 0.05) is 29.9 Å². The minimum atomic E-state index is -0.416. The fraction of sp³-hybridized carbons (Fsp3) is 0.250. The van der Waals surface area contributed by atoms with Crippen LogP contribution in [0.15, 0.2) is 65.5 Å². The number of aromatic nitrogens is 3. The molecule has 0 unspecified atom stereocenters. The minimum Gasteiger partial charge on any atom is -0.494 e. The zero-order chi connectivity index (χ0) is 22.0. The summed E-state index contributed by atoms with van der Waals surface area (Å²) in [7, 11) is 3.47. The van der Waals surface area contributed by atoms with Gasteiger partial charge in [-0.15, -0.1) is 0 Å². The Labute approximate surface area is 180 Å². The maximum absolute atomic E-state index is 14.4. The molecule has 1 atom stereocenters. The molecule has 0 saturated heterocycles. The molecule has 0 aliphatic rings. The highest BCUT2D eigenvalue weighted by molar-refractivity contribution is 5.64. The van der Waals surface area contributed by atoms with E-state index in [1.54, 1.807) is 12.3 Å². The van der Waals surface area contributed by atoms with Crippen LogP contribution >= 0.6 is 0 Å². The van der Waals surface area contributed by atoms with Crippen LogP contribution in [0.2, 0.25) is 0 Å². The molecule has 2 aromatic carbocycles. The van der Waals surface area contributed by atoms with Crippen LogP contribution < -0.4 is 4.74 Å². The van der Waals surface area contributed by atoms with Crippen LogP contribution in [0, 0.1) is 12.7 Å². The normalized spacial score (nSPS) is 12.3. The molecule has 0 aliphatic heterocycles. The predicted molar refractivity (Wildman–Crippen MR) is 117 cm³/mol. The van der Waals surface area contributed by atoms with Crippen LogP contribution in [0.4, 0.5) is 4.39 Å². The van der Waals surface area contributed by atoms with Crippen LogP contribution in [-0.4, -0.2) is 34.0 Å². The Balaban J connectivity index is 1.75. The van der Waals surface area contributed by atoms with Gasteiger partial charge in [0.1, 0.15) is 12.0 Å². The van der Waals surface area contributed by atoms with Crippen LogP contribution in [-0.2, 0) is 6.54 Å². The topological polar surface area (TPSA) is 56.3 Å². The highest BCUT2D eigenvalue weighted by Gasteiger charge is 2.20. The van der Waals surface area contributed by atoms with E-state index in [0.29, 0.717) is 12.1 Å². The van der Waals surface area contributed by atoms with Gasteiger partial charge in [0.2, 0.25) is 0 Å². The first-order valence-corrected chi connectivity index (χ1v) is 10.1. The second-order valence-electron chi connectivity index (χ2n) is 7.60. The van der Waals surface area contributed by atoms with E-state index in [-0.39, 0.29) is 11.8 Å². The molecule has 160 valence electrons. The summed E-state index contributed by atoms with van der Waals surface area (Å²) in [6.45, 7) is 4.71. The first-order chi connectivity index (χ1) is 15.0. The Kier molecular flexibility index (Phi) is 5.86. The lowest BCUT2D eigenvalue weighted by molar-refractivity contribution is 0.241. The number of hydrogen-bond donors (Lipinski definition) is 0. The number of ether oxygens (including phenoxy) is 1. The summed E-state index contributed by atoms with van der Waals surface area (Å²) in [4.78, 5) is 2.15. The van der Waals surface area contributed by atoms with Crippen molar-refractivity contribution in [3.8, 4) is 22.7 Å². The molecular formula is C24H25FN4O2. The number of methoxy groups -OCH3 is 1. The van der Waals surface area contributed by atoms with Crippen molar-refractivity contribution in [2.24, 2.45) is 0 Å². The van der Waals surface area contributed by atoms with Gasteiger partial charge < -0.3 is 9.26 Å². The van der Waals surface area contributed by atoms with Gasteiger partial charge in [-0.25, -0.2) is 9.07 Å². The molecule has 0 bridgehead atoms. The number of halogens is 1. The average Bonchev–Trinajstić information content (AvgIpc) is 3.44. The molecule has 7 heteroatoms. The van der Waals surface area contributed by atoms with Crippen molar-refractivity contribution in [1.29, 1.82) is 0 Å². The summed E-state index contributed by atoms with van der Waals surface area (Å²) < 4.78 is 26.4. The third kappa shape index (κ3) is 4.22. The molecule has 2 aromatic heterocycles. The van der Waals surface area contributed by atoms with Crippen molar-refractivity contribution in [2.45, 2.75) is 26.4 Å². The molecule has 4 aromatic rings. The summed E-state index contributed by atoms with van der Waals surface area (Å²) in [5.74, 6) is -0.207. The van der Waals surface area contributed by atoms with Crippen LogP contribution in [0.1, 0.15) is 29.8 Å². The van der Waals surface area contributed by atoms with Gasteiger partial charge in [-0.3, -0.25) is 4.90 Å². The van der Waals surface area contributed by atoms with E-state index in [1.165, 1.54) is 13.2 Å². The number of para-hydroxylation sites is 1. The summed E-state index contributed by atoms with van der Waals surface area (Å²) in [6, 6.07) is 14.9. The second kappa shape index (κ2) is 8.73. The lowest BCUT2D eigenvalue weighted by Crippen LogP contribution is -2.22. The van der Waals surface area contributed by atoms with E-state index in [1.807, 2.05) is 61.2 Å². The Bertz CT molecular complexity index is 1170. The molecule has 2 heterocycles. The lowest BCUT2D eigenvalue weighted by atomic mass is 10.1. The maximum atomic E-state index is 14.4. The zero-order valence-corrected chi connectivity index (χ0v) is 18.0. The van der Waals surface area contributed by atoms with Crippen molar-refractivity contribution in [1.82, 2.24) is 19.8 Å². The second-order valence-corrected chi connectivity index (χ2v) is 7.60. The fourth-order valence-corrected chi connectivity index (χ4v) is 3.59. The van der Waals surface area contributed by atoms with Gasteiger partial charge in [-0.05, 0) is 50.7 Å². The van der Waals surface area contributed by atoms with Gasteiger partial charge in [0.15, 0.2) is 11.6 Å². The van der Waals surface area contributed by atoms with E-state index in [4.69, 9.17) is 14.4 Å². The fourth-order valence-electron chi connectivity index (χ4n) is 3.59. The largest absolute Gasteiger partial charge is 0.494 e. The standard InChI is InChI=1S/C24H25FN4O2/c1-16-7-5-6-8-22(16)29-15-19(14-28(3)17(2)21-11-12-31-27-21)24(26-29)18-9-10-23(30-4)20(25)13-18/h5-13,15,17H,14H2,1-4H3/t17-/m0/s1. The summed E-state index contributed by atoms with van der Waals surface area (Å²) in [5.41, 5.74) is 5.34. The Hall–Kier alpha value is -3.45. The summed E-state index contributed by atoms with van der Waals surface area (Å²) in [6.07, 6.45) is 3.58. The number of hydrogen-bond acceptors (Lipinski definition) is 5. The molecule has 31 heavy (non-hydrogen) atoms. The number of rotatable bonds is 7. The van der Waals surface area contributed by atoms with Crippen molar-refractivity contribution in [3.63, 3.8) is 0 Å². The van der Waals surface area contributed by atoms with Crippen molar-refractivity contribution < 1.29 is 13.7 Å². The van der Waals surface area contributed by atoms with E-state index < -0.39 is 5.82 Å². The van der Waals surface area contributed by atoms with Gasteiger partial charge in [0.05, 0.1) is 24.5 Å². The molecule has 4 rings (SSSR count). The Morgan fingerprint density at radius 2 is 2.00 bits per heavy atom. The minimum absolute atomic E-state index is 0.0426. The van der Waals surface area contributed by atoms with Crippen molar-refractivity contribution in [3.05, 3.63) is 83.6 Å². The van der Waals surface area contributed by atoms with Crippen LogP contribution in [0.25, 0.3) is 16.9 Å². The molecule has 0 amide bonds. The SMILES string of the molecule is COc1ccc(-c2nn(-c3ccccc3C)cc2CN(C)[C@@H](C)c2ccon2)cc1F. The molecule has 0 fully saturated rings. The van der Waals surface area contributed by atoms with E-state index in [0.717, 1.165) is 28.2 Å². The predicted octanol–water partition coefficient (Wildman–Crippen LogP) is 5.18. The van der Waals surface area contributed by atoms with Crippen LogP contribution in [0.5, 0.6) is 5.75 Å². The van der Waals surface area contributed by atoms with Gasteiger partial charge in [0.25, 0.3) is 0 Å². The van der Waals surface area contributed by atoms with E-state index in [9.17, 15) is 4.39 Å². The van der Waals surface area contributed by atoms with Crippen molar-refractivity contribution >= 4 is 0 Å². The highest BCUT2D eigenvalue weighted by Crippen LogP contribution is 2.30. The Morgan fingerprint density at radius 1 is 1.19 bits per heavy atom. The number of aryl methyl sites for hydroxylation is 1. The third-order valence-electron chi connectivity index (χ3n) is 5.54. The lowest BCUT2D eigenvalue weighted by Gasteiger charge is -2.22. The van der Waals surface area contributed by atoms with Gasteiger partial charge in [-0.1, -0.05) is 23.4 Å². The van der Waals surface area contributed by atoms with Gasteiger partial charge in [-0.2, -0.15) is 5.10 Å². The molecule has 0 radical (unpaired) electrons. The quantitative estimate of drug-likeness (QED) is 0.413. The summed E-state index contributed by atoms with van der Waals surface area (Å²) in [5, 5.41) is 8.89. The number of benzene rings is 2. The molecule has 0 N–H and O–H groups in total. The number of nitrogens with zero attached hydrogens (tertiary/aromatic N) is 4. The average molecular weight is 420 g/mol. The maximum Gasteiger partial charge on any atom is 0.165 e.